The van der Waals surface area contributed by atoms with Crippen LogP contribution in [0.2, 0.25) is 0 Å². The third-order valence-electron chi connectivity index (χ3n) is 7.43. The summed E-state index contributed by atoms with van der Waals surface area (Å²) in [6.07, 6.45) is -2.81. The number of halogens is 6. The van der Waals surface area contributed by atoms with Crippen molar-refractivity contribution in [2.75, 3.05) is 38.0 Å². The van der Waals surface area contributed by atoms with Crippen LogP contribution in [0.3, 0.4) is 0 Å². The zero-order valence-corrected chi connectivity index (χ0v) is 20.9. The maximum atomic E-state index is 13.1. The van der Waals surface area contributed by atoms with Crippen LogP contribution in [0.5, 0.6) is 0 Å². The lowest BCUT2D eigenvalue weighted by Gasteiger charge is -2.43. The van der Waals surface area contributed by atoms with E-state index in [9.17, 15) is 31.1 Å². The molecule has 2 aromatic rings. The minimum atomic E-state index is -4.48. The normalized spacial score (nSPS) is 19.2. The van der Waals surface area contributed by atoms with Crippen LogP contribution in [0.1, 0.15) is 54.8 Å². The Morgan fingerprint density at radius 2 is 1.32 bits per heavy atom. The quantitative estimate of drug-likeness (QED) is 0.408. The first kappa shape index (κ1) is 28.2. The van der Waals surface area contributed by atoms with E-state index >= 15 is 0 Å². The van der Waals surface area contributed by atoms with Crippen molar-refractivity contribution >= 4 is 11.7 Å². The van der Waals surface area contributed by atoms with Gasteiger partial charge in [-0.2, -0.15) is 26.3 Å². The molecule has 4 rings (SSSR count). The van der Waals surface area contributed by atoms with Crippen molar-refractivity contribution in [1.29, 1.82) is 0 Å². The SMILES string of the molecule is O=C(NCC(c1ccc(C(F)(F)F)cc1)N1CCN(C2CCCCC2)CC1)Nc1ccc(C(F)(F)F)cc1. The van der Waals surface area contributed by atoms with Crippen LogP contribution in [0, 0.1) is 0 Å². The van der Waals surface area contributed by atoms with Gasteiger partial charge in [0, 0.05) is 44.5 Å². The second-order valence-electron chi connectivity index (χ2n) is 9.91. The number of nitrogens with one attached hydrogen (secondary N) is 2. The predicted octanol–water partition coefficient (Wildman–Crippen LogP) is 6.54. The number of rotatable bonds is 6. The van der Waals surface area contributed by atoms with E-state index in [1.807, 2.05) is 0 Å². The molecule has 1 aliphatic carbocycles. The third-order valence-corrected chi connectivity index (χ3v) is 7.43. The van der Waals surface area contributed by atoms with E-state index in [-0.39, 0.29) is 18.3 Å². The molecule has 1 atom stereocenters. The van der Waals surface area contributed by atoms with E-state index in [2.05, 4.69) is 20.4 Å². The Bertz CT molecular complexity index is 1040. The minimum absolute atomic E-state index is 0.126. The van der Waals surface area contributed by atoms with Crippen molar-refractivity contribution in [3.8, 4) is 0 Å². The van der Waals surface area contributed by atoms with Gasteiger partial charge in [-0.3, -0.25) is 9.80 Å². The molecule has 2 aliphatic rings. The summed E-state index contributed by atoms with van der Waals surface area (Å²) in [5.41, 5.74) is -0.713. The van der Waals surface area contributed by atoms with Crippen molar-refractivity contribution < 1.29 is 31.1 Å². The number of alkyl halides is 6. The summed E-state index contributed by atoms with van der Waals surface area (Å²) in [5, 5.41) is 5.26. The standard InChI is InChI=1S/C27H32F6N4O/c28-26(29,30)20-8-6-19(7-9-20)24(37-16-14-36(15-17-37)23-4-2-1-3-5-23)18-34-25(38)35-22-12-10-21(11-13-22)27(31,32)33/h6-13,23-24H,1-5,14-18H2,(H2,34,35,38). The molecule has 1 aliphatic heterocycles. The summed E-state index contributed by atoms with van der Waals surface area (Å²) < 4.78 is 77.6. The fraction of sp³-hybridized carbons (Fsp3) is 0.519. The fourth-order valence-corrected chi connectivity index (χ4v) is 5.32. The number of carbonyl (C=O) groups is 1. The molecule has 208 valence electrons. The summed E-state index contributed by atoms with van der Waals surface area (Å²) in [6.45, 7) is 3.25. The molecule has 0 radical (unpaired) electrons. The van der Waals surface area contributed by atoms with Gasteiger partial charge in [-0.15, -0.1) is 0 Å². The van der Waals surface area contributed by atoms with Crippen LogP contribution in [0.4, 0.5) is 36.8 Å². The molecule has 38 heavy (non-hydrogen) atoms. The number of carbonyl (C=O) groups excluding carboxylic acids is 1. The average molecular weight is 543 g/mol. The van der Waals surface area contributed by atoms with Gasteiger partial charge in [0.15, 0.2) is 0 Å². The molecule has 1 heterocycles. The molecular formula is C27H32F6N4O. The number of amides is 2. The van der Waals surface area contributed by atoms with Crippen LogP contribution in [0.15, 0.2) is 48.5 Å². The number of hydrogen-bond acceptors (Lipinski definition) is 3. The lowest BCUT2D eigenvalue weighted by atomic mass is 9.93. The van der Waals surface area contributed by atoms with E-state index in [1.165, 1.54) is 56.4 Å². The molecule has 2 amide bonds. The summed E-state index contributed by atoms with van der Waals surface area (Å²) in [6, 6.07) is 8.67. The van der Waals surface area contributed by atoms with Gasteiger partial charge >= 0.3 is 18.4 Å². The lowest BCUT2D eigenvalue weighted by molar-refractivity contribution is -0.138. The van der Waals surface area contributed by atoms with Crippen molar-refractivity contribution in [2.24, 2.45) is 0 Å². The largest absolute Gasteiger partial charge is 0.416 e. The van der Waals surface area contributed by atoms with Crippen LogP contribution < -0.4 is 10.6 Å². The molecular weight excluding hydrogens is 510 g/mol. The van der Waals surface area contributed by atoms with Crippen molar-refractivity contribution in [3.05, 3.63) is 65.2 Å². The number of urea groups is 1. The molecule has 2 aromatic carbocycles. The molecule has 2 N–H and O–H groups in total. The Kier molecular flexibility index (Phi) is 8.87. The van der Waals surface area contributed by atoms with Crippen molar-refractivity contribution in [3.63, 3.8) is 0 Å². The van der Waals surface area contributed by atoms with Crippen LogP contribution in [-0.2, 0) is 12.4 Å². The molecule has 0 bridgehead atoms. The lowest BCUT2D eigenvalue weighted by Crippen LogP contribution is -2.53. The maximum absolute atomic E-state index is 13.1. The van der Waals surface area contributed by atoms with Gasteiger partial charge < -0.3 is 10.6 Å². The highest BCUT2D eigenvalue weighted by Crippen LogP contribution is 2.32. The first-order valence-electron chi connectivity index (χ1n) is 12.9. The summed E-state index contributed by atoms with van der Waals surface area (Å²) >= 11 is 0. The molecule has 1 saturated heterocycles. The molecule has 0 spiro atoms. The van der Waals surface area contributed by atoms with Gasteiger partial charge in [0.05, 0.1) is 17.2 Å². The highest BCUT2D eigenvalue weighted by Gasteiger charge is 2.33. The Hall–Kier alpha value is -2.79. The van der Waals surface area contributed by atoms with E-state index in [4.69, 9.17) is 0 Å². The number of hydrogen-bond donors (Lipinski definition) is 2. The number of nitrogens with zero attached hydrogens (tertiary/aromatic N) is 2. The number of piperazine rings is 1. The highest BCUT2D eigenvalue weighted by atomic mass is 19.4. The second kappa shape index (κ2) is 11.9. The highest BCUT2D eigenvalue weighted by molar-refractivity contribution is 5.89. The Morgan fingerprint density at radius 3 is 1.84 bits per heavy atom. The van der Waals surface area contributed by atoms with Crippen LogP contribution in [0.25, 0.3) is 0 Å². The molecule has 5 nitrogen and oxygen atoms in total. The van der Waals surface area contributed by atoms with Crippen LogP contribution >= 0.6 is 0 Å². The average Bonchev–Trinajstić information content (AvgIpc) is 2.89. The smallest absolute Gasteiger partial charge is 0.336 e. The Labute approximate surface area is 218 Å². The molecule has 11 heteroatoms. The van der Waals surface area contributed by atoms with Crippen molar-refractivity contribution in [2.45, 2.75) is 56.5 Å². The van der Waals surface area contributed by atoms with Crippen molar-refractivity contribution in [1.82, 2.24) is 15.1 Å². The van der Waals surface area contributed by atoms with E-state index < -0.39 is 29.5 Å². The predicted molar refractivity (Wildman–Crippen MR) is 133 cm³/mol. The first-order valence-corrected chi connectivity index (χ1v) is 12.9. The van der Waals surface area contributed by atoms with Gasteiger partial charge in [0.2, 0.25) is 0 Å². The summed E-state index contributed by atoms with van der Waals surface area (Å²) in [7, 11) is 0. The number of anilines is 1. The van der Waals surface area contributed by atoms with E-state index in [0.717, 1.165) is 37.4 Å². The van der Waals surface area contributed by atoms with Gasteiger partial charge in [-0.1, -0.05) is 31.4 Å². The monoisotopic (exact) mass is 542 g/mol. The minimum Gasteiger partial charge on any atom is -0.336 e. The van der Waals surface area contributed by atoms with Crippen LogP contribution in [-0.4, -0.2) is 54.6 Å². The zero-order valence-electron chi connectivity index (χ0n) is 20.9. The fourth-order valence-electron chi connectivity index (χ4n) is 5.32. The first-order chi connectivity index (χ1) is 18.0. The van der Waals surface area contributed by atoms with Gasteiger partial charge in [0.1, 0.15) is 0 Å². The van der Waals surface area contributed by atoms with Gasteiger partial charge in [-0.05, 0) is 54.8 Å². The Balaban J connectivity index is 1.41. The summed E-state index contributed by atoms with van der Waals surface area (Å²) in [5.74, 6) is 0. The molecule has 0 aromatic heterocycles. The zero-order chi connectivity index (χ0) is 27.3. The topological polar surface area (TPSA) is 47.6 Å². The number of benzene rings is 2. The van der Waals surface area contributed by atoms with E-state index in [0.29, 0.717) is 24.7 Å². The van der Waals surface area contributed by atoms with Gasteiger partial charge in [0.25, 0.3) is 0 Å². The van der Waals surface area contributed by atoms with E-state index in [1.54, 1.807) is 0 Å². The maximum Gasteiger partial charge on any atom is 0.416 e. The summed E-state index contributed by atoms with van der Waals surface area (Å²) in [4.78, 5) is 17.2. The molecule has 2 fully saturated rings. The third kappa shape index (κ3) is 7.41. The Morgan fingerprint density at radius 1 is 0.789 bits per heavy atom. The molecule has 1 unspecified atom stereocenters. The molecule has 1 saturated carbocycles. The van der Waals surface area contributed by atoms with Gasteiger partial charge in [-0.25, -0.2) is 4.79 Å². The second-order valence-corrected chi connectivity index (χ2v) is 9.91.